The summed E-state index contributed by atoms with van der Waals surface area (Å²) >= 11 is 3.92. The lowest BCUT2D eigenvalue weighted by Gasteiger charge is -2.51. The van der Waals surface area contributed by atoms with E-state index in [0.29, 0.717) is 23.0 Å². The first-order valence-electron chi connectivity index (χ1n) is 10.6. The second kappa shape index (κ2) is 11.1. The van der Waals surface area contributed by atoms with Gasteiger partial charge in [-0.05, 0) is 12.1 Å². The van der Waals surface area contributed by atoms with Gasteiger partial charge in [0.25, 0.3) is 11.8 Å². The third-order valence-electron chi connectivity index (χ3n) is 5.37. The van der Waals surface area contributed by atoms with Crippen molar-refractivity contribution in [3.63, 3.8) is 0 Å². The maximum atomic E-state index is 13.0. The number of fused-ring (bicyclic) bond motifs is 1. The van der Waals surface area contributed by atoms with Crippen molar-refractivity contribution in [1.82, 2.24) is 15.2 Å². The monoisotopic (exact) mass is 546 g/mol. The molecule has 2 aliphatic rings. The fraction of sp³-hybridized carbons (Fsp3) is 0.273. The summed E-state index contributed by atoms with van der Waals surface area (Å²) in [6, 6.07) is 4.26. The molecule has 188 valence electrons. The zero-order chi connectivity index (χ0) is 25.8. The van der Waals surface area contributed by atoms with Crippen molar-refractivity contribution in [2.45, 2.75) is 23.7 Å². The largest absolute Gasteiger partial charge is 0.543 e. The van der Waals surface area contributed by atoms with Gasteiger partial charge in [-0.2, -0.15) is 4.57 Å². The molecule has 0 spiro atoms. The smallest absolute Gasteiger partial charge is 0.276 e. The first-order chi connectivity index (χ1) is 17.3. The second-order valence-electron chi connectivity index (χ2n) is 7.56. The Bertz CT molecular complexity index is 1280. The Kier molecular flexibility index (Phi) is 7.96. The number of nitrogens with one attached hydrogen (secondary N) is 1. The summed E-state index contributed by atoms with van der Waals surface area (Å²) in [6.07, 6.45) is 3.69. The average Bonchev–Trinajstić information content (AvgIpc) is 3.30. The second-order valence-corrected chi connectivity index (χ2v) is 10.6. The van der Waals surface area contributed by atoms with Crippen molar-refractivity contribution in [2.24, 2.45) is 5.16 Å². The Morgan fingerprint density at radius 1 is 1.50 bits per heavy atom. The zero-order valence-corrected chi connectivity index (χ0v) is 21.5. The number of thiazole rings is 1. The number of β-lactam (4-membered cyclic amide) rings is 1. The van der Waals surface area contributed by atoms with Crippen molar-refractivity contribution in [3.05, 3.63) is 58.7 Å². The predicted molar refractivity (Wildman–Crippen MR) is 135 cm³/mol. The third-order valence-corrected chi connectivity index (χ3v) is 8.52. The van der Waals surface area contributed by atoms with Gasteiger partial charge in [0.15, 0.2) is 23.6 Å². The third kappa shape index (κ3) is 5.10. The van der Waals surface area contributed by atoms with E-state index < -0.39 is 29.9 Å². The number of carbonyl (C=O) groups is 3. The number of allylic oxidation sites excluding steroid dienone is 1. The van der Waals surface area contributed by atoms with E-state index in [1.54, 1.807) is 11.5 Å². The fourth-order valence-electron chi connectivity index (χ4n) is 3.78. The number of thioether (sulfide) groups is 2. The molecule has 1 fully saturated rings. The van der Waals surface area contributed by atoms with Gasteiger partial charge in [0, 0.05) is 33.9 Å². The van der Waals surface area contributed by atoms with E-state index in [4.69, 9.17) is 10.6 Å². The first kappa shape index (κ1) is 25.7. The van der Waals surface area contributed by atoms with E-state index in [-0.39, 0.29) is 22.2 Å². The van der Waals surface area contributed by atoms with Gasteiger partial charge in [-0.15, -0.1) is 23.1 Å². The Morgan fingerprint density at radius 2 is 2.31 bits per heavy atom. The summed E-state index contributed by atoms with van der Waals surface area (Å²) in [6.45, 7) is 4.37. The van der Waals surface area contributed by atoms with Crippen LogP contribution in [0.4, 0.5) is 5.13 Å². The molecule has 0 aliphatic carbocycles. The number of amides is 2. The molecule has 36 heavy (non-hydrogen) atoms. The average molecular weight is 547 g/mol. The molecular formula is C22H22N6O5S3. The number of hydrogen-bond acceptors (Lipinski definition) is 11. The maximum Gasteiger partial charge on any atom is 0.276 e. The quantitative estimate of drug-likeness (QED) is 0.102. The topological polar surface area (TPSA) is 154 Å². The predicted octanol–water partition coefficient (Wildman–Crippen LogP) is -0.254. The molecule has 0 radical (unpaired) electrons. The van der Waals surface area contributed by atoms with Crippen molar-refractivity contribution in [3.8, 4) is 0 Å². The van der Waals surface area contributed by atoms with E-state index in [2.05, 4.69) is 22.0 Å². The summed E-state index contributed by atoms with van der Waals surface area (Å²) in [5, 5.41) is 21.1. The minimum Gasteiger partial charge on any atom is -0.543 e. The van der Waals surface area contributed by atoms with Crippen LogP contribution in [0, 0.1) is 0 Å². The van der Waals surface area contributed by atoms with Gasteiger partial charge in [0.1, 0.15) is 18.8 Å². The molecule has 0 bridgehead atoms. The number of carbonyl (C=O) groups excluding carboxylic acids is 3. The number of pyridine rings is 1. The van der Waals surface area contributed by atoms with Gasteiger partial charge in [-0.1, -0.05) is 23.5 Å². The van der Waals surface area contributed by atoms with Gasteiger partial charge in [-0.25, -0.2) is 4.98 Å². The lowest BCUT2D eigenvalue weighted by molar-refractivity contribution is -0.723. The number of carboxylic acids is 1. The molecule has 0 saturated carbocycles. The number of carboxylic acid groups (broad SMARTS) is 1. The molecule has 0 aromatic carbocycles. The first-order valence-corrected chi connectivity index (χ1v) is 13.5. The molecular weight excluding hydrogens is 524 g/mol. The number of anilines is 1. The number of aliphatic carboxylic acids is 1. The standard InChI is InChI=1S/C22H22N6O5S3/c1-3-7-27-8-5-4-6-15(27)35-11-14-18(21(31)32)28-13(10-34-14)17(20(28)30)25-19(29)16(26-33-2)12-9-36-22(23)24-12/h3-6,8-9,13,17H,1,7,10-11H2,2H3,(H3-,23,24,25,29,31,32). The number of hydrogen-bond donors (Lipinski definition) is 2. The van der Waals surface area contributed by atoms with E-state index in [1.165, 1.54) is 35.5 Å². The van der Waals surface area contributed by atoms with Crippen LogP contribution in [0.25, 0.3) is 0 Å². The molecule has 4 heterocycles. The minimum absolute atomic E-state index is 0.136. The van der Waals surface area contributed by atoms with Crippen LogP contribution in [0.3, 0.4) is 0 Å². The lowest BCUT2D eigenvalue weighted by atomic mass is 9.94. The van der Waals surface area contributed by atoms with E-state index in [9.17, 15) is 19.5 Å². The van der Waals surface area contributed by atoms with Crippen molar-refractivity contribution in [2.75, 3.05) is 24.3 Å². The summed E-state index contributed by atoms with van der Waals surface area (Å²) < 4.78 is 1.99. The van der Waals surface area contributed by atoms with Crippen LogP contribution < -0.4 is 20.7 Å². The summed E-state index contributed by atoms with van der Waals surface area (Å²) in [5.74, 6) is -1.90. The molecule has 2 amide bonds. The normalized spacial score (nSPS) is 19.4. The molecule has 2 unspecified atom stereocenters. The number of nitrogen functional groups attached to an aromatic ring is 1. The number of nitrogens with two attached hydrogens (primary N) is 1. The lowest BCUT2D eigenvalue weighted by Crippen LogP contribution is -2.73. The molecule has 14 heteroatoms. The number of nitrogens with zero attached hydrogens (tertiary/aromatic N) is 4. The Labute approximate surface area is 219 Å². The molecule has 2 atom stereocenters. The van der Waals surface area contributed by atoms with E-state index in [0.717, 1.165) is 16.4 Å². The highest BCUT2D eigenvalue weighted by Gasteiger charge is 2.52. The fourth-order valence-corrected chi connectivity index (χ4v) is 6.76. The molecule has 3 N–H and O–H groups in total. The highest BCUT2D eigenvalue weighted by molar-refractivity contribution is 8.06. The summed E-state index contributed by atoms with van der Waals surface area (Å²) in [4.78, 5) is 48.4. The van der Waals surface area contributed by atoms with Crippen LogP contribution >= 0.6 is 34.9 Å². The van der Waals surface area contributed by atoms with Crippen LogP contribution in [0.2, 0.25) is 0 Å². The Morgan fingerprint density at radius 3 is 2.97 bits per heavy atom. The Balaban J connectivity index is 1.49. The van der Waals surface area contributed by atoms with Gasteiger partial charge < -0.3 is 30.7 Å². The van der Waals surface area contributed by atoms with Crippen LogP contribution in [-0.4, -0.2) is 64.1 Å². The molecule has 2 aliphatic heterocycles. The number of aromatic nitrogens is 2. The van der Waals surface area contributed by atoms with E-state index in [1.807, 2.05) is 29.0 Å². The van der Waals surface area contributed by atoms with Gasteiger partial charge >= 0.3 is 0 Å². The van der Waals surface area contributed by atoms with E-state index >= 15 is 0 Å². The highest BCUT2D eigenvalue weighted by atomic mass is 32.2. The molecule has 2 aromatic rings. The summed E-state index contributed by atoms with van der Waals surface area (Å²) in [7, 11) is 1.28. The van der Waals surface area contributed by atoms with Crippen LogP contribution in [0.15, 0.2) is 63.2 Å². The van der Waals surface area contributed by atoms with Gasteiger partial charge in [0.05, 0.1) is 17.7 Å². The Hall–Kier alpha value is -3.36. The van der Waals surface area contributed by atoms with Crippen molar-refractivity contribution in [1.29, 1.82) is 0 Å². The number of rotatable bonds is 10. The SMILES string of the molecule is C=CC[n+]1ccccc1SCC1=C(C(=O)[O-])N2C(=O)C(NC(=O)C(=NOC)c3csc(N)n3)C2CS1. The number of oxime groups is 1. The molecule has 2 aromatic heterocycles. The van der Waals surface area contributed by atoms with Crippen molar-refractivity contribution >= 4 is 63.5 Å². The summed E-state index contributed by atoms with van der Waals surface area (Å²) in [5.41, 5.74) is 5.56. The zero-order valence-electron chi connectivity index (χ0n) is 19.1. The molecule has 11 nitrogen and oxygen atoms in total. The van der Waals surface area contributed by atoms with Crippen molar-refractivity contribution < 1.29 is 28.9 Å². The van der Waals surface area contributed by atoms with Gasteiger partial charge in [0.2, 0.25) is 5.03 Å². The highest BCUT2D eigenvalue weighted by Crippen LogP contribution is 2.40. The van der Waals surface area contributed by atoms with Crippen LogP contribution in [-0.2, 0) is 25.8 Å². The van der Waals surface area contributed by atoms with Gasteiger partial charge in [-0.3, -0.25) is 9.59 Å². The maximum absolute atomic E-state index is 13.0. The van der Waals surface area contributed by atoms with Crippen LogP contribution in [0.5, 0.6) is 0 Å². The molecule has 4 rings (SSSR count). The minimum atomic E-state index is -1.44. The van der Waals surface area contributed by atoms with Crippen LogP contribution in [0.1, 0.15) is 5.69 Å². The molecule has 1 saturated heterocycles.